The predicted molar refractivity (Wildman–Crippen MR) is 86.5 cm³/mol. The number of hydrogen-bond acceptors (Lipinski definition) is 3. The highest BCUT2D eigenvalue weighted by atomic mass is 32.1. The van der Waals surface area contributed by atoms with Crippen LogP contribution < -0.4 is 11.3 Å². The van der Waals surface area contributed by atoms with Gasteiger partial charge >= 0.3 is 0 Å². The van der Waals surface area contributed by atoms with Gasteiger partial charge in [0.2, 0.25) is 0 Å². The van der Waals surface area contributed by atoms with E-state index in [9.17, 15) is 4.79 Å². The fourth-order valence-electron chi connectivity index (χ4n) is 2.50. The second kappa shape index (κ2) is 5.35. The van der Waals surface area contributed by atoms with Gasteiger partial charge in [0, 0.05) is 23.1 Å². The molecule has 0 unspecified atom stereocenters. The van der Waals surface area contributed by atoms with Crippen LogP contribution in [-0.2, 0) is 6.54 Å². The minimum absolute atomic E-state index is 0.234. The lowest BCUT2D eigenvalue weighted by Crippen LogP contribution is -2.29. The maximum absolute atomic E-state index is 11.6. The molecule has 0 bridgehead atoms. The van der Waals surface area contributed by atoms with E-state index in [0.29, 0.717) is 4.88 Å². The van der Waals surface area contributed by atoms with E-state index in [1.54, 1.807) is 0 Å². The predicted octanol–water partition coefficient (Wildman–Crippen LogP) is 2.97. The zero-order valence-corrected chi connectivity index (χ0v) is 12.8. The first-order valence-corrected chi connectivity index (χ1v) is 7.56. The van der Waals surface area contributed by atoms with E-state index in [0.717, 1.165) is 17.0 Å². The summed E-state index contributed by atoms with van der Waals surface area (Å²) in [6, 6.07) is 10.5. The number of nitrogens with one attached hydrogen (secondary N) is 1. The van der Waals surface area contributed by atoms with Crippen molar-refractivity contribution in [3.05, 3.63) is 57.4 Å². The molecule has 3 aromatic rings. The molecule has 108 valence electrons. The van der Waals surface area contributed by atoms with Gasteiger partial charge in [-0.1, -0.05) is 11.6 Å². The molecule has 2 aromatic heterocycles. The summed E-state index contributed by atoms with van der Waals surface area (Å²) in [6.45, 7) is 4.88. The number of hydrogen-bond donors (Lipinski definition) is 2. The van der Waals surface area contributed by atoms with Crippen molar-refractivity contribution in [3.8, 4) is 0 Å². The van der Waals surface area contributed by atoms with Crippen LogP contribution in [0.4, 0.5) is 0 Å². The summed E-state index contributed by atoms with van der Waals surface area (Å²) in [6.07, 6.45) is 2.09. The molecule has 0 aliphatic carbocycles. The number of nitrogen functional groups attached to an aromatic ring is 1. The first kappa shape index (κ1) is 13.9. The monoisotopic (exact) mass is 299 g/mol. The molecule has 3 rings (SSSR count). The van der Waals surface area contributed by atoms with Crippen molar-refractivity contribution in [2.45, 2.75) is 20.4 Å². The van der Waals surface area contributed by atoms with Crippen molar-refractivity contribution in [2.24, 2.45) is 5.84 Å². The second-order valence-corrected chi connectivity index (χ2v) is 6.43. The van der Waals surface area contributed by atoms with Crippen molar-refractivity contribution in [1.29, 1.82) is 0 Å². The minimum atomic E-state index is -0.234. The summed E-state index contributed by atoms with van der Waals surface area (Å²) in [5.74, 6) is 4.96. The fraction of sp³-hybridized carbons (Fsp3) is 0.188. The zero-order valence-electron chi connectivity index (χ0n) is 12.0. The molecule has 0 saturated heterocycles. The number of hydrazine groups is 1. The molecule has 1 amide bonds. The van der Waals surface area contributed by atoms with Crippen LogP contribution in [0.5, 0.6) is 0 Å². The quantitative estimate of drug-likeness (QED) is 0.444. The topological polar surface area (TPSA) is 60.0 Å². The van der Waals surface area contributed by atoms with Crippen LogP contribution in [0.2, 0.25) is 0 Å². The highest BCUT2D eigenvalue weighted by Crippen LogP contribution is 2.25. The Bertz CT molecular complexity index is 816. The molecule has 0 aliphatic rings. The fourth-order valence-corrected chi connectivity index (χ4v) is 3.44. The van der Waals surface area contributed by atoms with E-state index >= 15 is 0 Å². The Balaban J connectivity index is 1.95. The lowest BCUT2D eigenvalue weighted by molar-refractivity contribution is 0.0957. The number of aromatic nitrogens is 1. The maximum Gasteiger partial charge on any atom is 0.275 e. The Labute approximate surface area is 127 Å². The minimum Gasteiger partial charge on any atom is -0.343 e. The third-order valence-electron chi connectivity index (χ3n) is 3.64. The van der Waals surface area contributed by atoms with Crippen LogP contribution in [0.1, 0.15) is 25.7 Å². The summed E-state index contributed by atoms with van der Waals surface area (Å²) in [7, 11) is 0. The Kier molecular flexibility index (Phi) is 3.53. The van der Waals surface area contributed by atoms with Gasteiger partial charge < -0.3 is 4.57 Å². The third-order valence-corrected chi connectivity index (χ3v) is 4.73. The van der Waals surface area contributed by atoms with Crippen LogP contribution in [0, 0.1) is 13.8 Å². The van der Waals surface area contributed by atoms with Gasteiger partial charge in [-0.15, -0.1) is 11.3 Å². The van der Waals surface area contributed by atoms with Gasteiger partial charge in [0.05, 0.1) is 4.88 Å². The number of thiophene rings is 1. The molecular weight excluding hydrogens is 282 g/mol. The number of carbonyl (C=O) groups is 1. The second-order valence-electron chi connectivity index (χ2n) is 5.17. The van der Waals surface area contributed by atoms with E-state index in [4.69, 9.17) is 5.84 Å². The van der Waals surface area contributed by atoms with Crippen LogP contribution in [-0.4, -0.2) is 10.5 Å². The third kappa shape index (κ3) is 2.57. The van der Waals surface area contributed by atoms with Gasteiger partial charge in [0.1, 0.15) is 0 Å². The molecule has 0 spiro atoms. The number of nitrogens with two attached hydrogens (primary N) is 1. The molecule has 0 saturated carbocycles. The lowest BCUT2D eigenvalue weighted by atomic mass is 10.2. The largest absolute Gasteiger partial charge is 0.343 e. The average molecular weight is 299 g/mol. The number of carbonyl (C=O) groups excluding carboxylic acids is 1. The molecule has 0 atom stereocenters. The zero-order chi connectivity index (χ0) is 15.0. The highest BCUT2D eigenvalue weighted by molar-refractivity contribution is 7.14. The Morgan fingerprint density at radius 2 is 2.10 bits per heavy atom. The number of aryl methyl sites for hydroxylation is 2. The van der Waals surface area contributed by atoms with Gasteiger partial charge in [-0.3, -0.25) is 10.2 Å². The summed E-state index contributed by atoms with van der Waals surface area (Å²) < 4.78 is 2.20. The van der Waals surface area contributed by atoms with Gasteiger partial charge in [0.25, 0.3) is 5.91 Å². The van der Waals surface area contributed by atoms with Crippen LogP contribution >= 0.6 is 11.3 Å². The van der Waals surface area contributed by atoms with E-state index < -0.39 is 0 Å². The van der Waals surface area contributed by atoms with E-state index in [-0.39, 0.29) is 5.91 Å². The first-order valence-electron chi connectivity index (χ1n) is 6.74. The highest BCUT2D eigenvalue weighted by Gasteiger charge is 2.12. The standard InChI is InChI=1S/C16H17N3OS/c1-10-3-4-14-12(7-10)5-6-19(14)9-13-8-15(16(20)18-17)21-11(13)2/h3-8H,9,17H2,1-2H3,(H,18,20). The van der Waals surface area contributed by atoms with E-state index in [1.807, 2.05) is 13.0 Å². The summed E-state index contributed by atoms with van der Waals surface area (Å²) >= 11 is 1.47. The molecule has 0 aliphatic heterocycles. The molecule has 1 aromatic carbocycles. The number of rotatable bonds is 3. The van der Waals surface area contributed by atoms with Gasteiger partial charge in [-0.2, -0.15) is 0 Å². The van der Waals surface area contributed by atoms with Crippen molar-refractivity contribution in [2.75, 3.05) is 0 Å². The number of amides is 1. The summed E-state index contributed by atoms with van der Waals surface area (Å²) in [5.41, 5.74) is 5.79. The SMILES string of the molecule is Cc1ccc2c(ccn2Cc2cc(C(=O)NN)sc2C)c1. The molecule has 0 radical (unpaired) electrons. The van der Waals surface area contributed by atoms with Gasteiger partial charge in [-0.05, 0) is 49.1 Å². The van der Waals surface area contributed by atoms with E-state index in [2.05, 4.69) is 47.4 Å². The van der Waals surface area contributed by atoms with Crippen LogP contribution in [0.3, 0.4) is 0 Å². The maximum atomic E-state index is 11.6. The first-order chi connectivity index (χ1) is 10.1. The molecule has 3 N–H and O–H groups in total. The molecule has 2 heterocycles. The molecule has 5 heteroatoms. The molecule has 21 heavy (non-hydrogen) atoms. The van der Waals surface area contributed by atoms with Gasteiger partial charge in [-0.25, -0.2) is 5.84 Å². The summed E-state index contributed by atoms with van der Waals surface area (Å²) in [5, 5.41) is 1.24. The molecule has 0 fully saturated rings. The normalized spacial score (nSPS) is 11.0. The van der Waals surface area contributed by atoms with E-state index in [1.165, 1.54) is 27.8 Å². The Hall–Kier alpha value is -2.11. The molecule has 4 nitrogen and oxygen atoms in total. The summed E-state index contributed by atoms with van der Waals surface area (Å²) in [4.78, 5) is 13.4. The van der Waals surface area contributed by atoms with Gasteiger partial charge in [0.15, 0.2) is 0 Å². The van der Waals surface area contributed by atoms with Crippen molar-refractivity contribution >= 4 is 28.1 Å². The number of nitrogens with zero attached hydrogens (tertiary/aromatic N) is 1. The number of benzene rings is 1. The Morgan fingerprint density at radius 3 is 2.86 bits per heavy atom. The number of fused-ring (bicyclic) bond motifs is 1. The van der Waals surface area contributed by atoms with Crippen LogP contribution in [0.25, 0.3) is 10.9 Å². The smallest absolute Gasteiger partial charge is 0.275 e. The molecular formula is C16H17N3OS. The lowest BCUT2D eigenvalue weighted by Gasteiger charge is -2.05. The van der Waals surface area contributed by atoms with Crippen molar-refractivity contribution < 1.29 is 4.79 Å². The average Bonchev–Trinajstić information content (AvgIpc) is 3.03. The Morgan fingerprint density at radius 1 is 1.29 bits per heavy atom. The van der Waals surface area contributed by atoms with Crippen molar-refractivity contribution in [1.82, 2.24) is 9.99 Å². The van der Waals surface area contributed by atoms with Crippen LogP contribution in [0.15, 0.2) is 36.5 Å². The van der Waals surface area contributed by atoms with Crippen molar-refractivity contribution in [3.63, 3.8) is 0 Å².